The van der Waals surface area contributed by atoms with Crippen LogP contribution in [0.3, 0.4) is 0 Å². The molecule has 0 aliphatic carbocycles. The van der Waals surface area contributed by atoms with Crippen molar-refractivity contribution in [1.29, 1.82) is 0 Å². The predicted molar refractivity (Wildman–Crippen MR) is 37.2 cm³/mol. The number of rotatable bonds is 2. The molecule has 0 atom stereocenters. The van der Waals surface area contributed by atoms with Crippen molar-refractivity contribution in [3.05, 3.63) is 0 Å². The molecule has 0 aliphatic heterocycles. The number of hydrogen-bond acceptors (Lipinski definition) is 4. The average Bonchev–Trinajstić information content (AvgIpc) is 1.58. The van der Waals surface area contributed by atoms with E-state index in [2.05, 4.69) is 4.52 Å². The lowest BCUT2D eigenvalue weighted by atomic mass is 10.9. The molecule has 70 valence electrons. The van der Waals surface area contributed by atoms with Crippen molar-refractivity contribution in [2.24, 2.45) is 0 Å². The quantitative estimate of drug-likeness (QED) is 0.380. The van der Waals surface area contributed by atoms with Gasteiger partial charge in [0.05, 0.1) is 6.61 Å². The second-order valence-electron chi connectivity index (χ2n) is 1.18. The van der Waals surface area contributed by atoms with E-state index in [1.165, 1.54) is 0 Å². The van der Waals surface area contributed by atoms with Gasteiger partial charge in [0.25, 0.3) is 0 Å². The molecule has 0 spiro atoms. The van der Waals surface area contributed by atoms with E-state index in [1.807, 2.05) is 0 Å². The van der Waals surface area contributed by atoms with Crippen LogP contribution in [0.1, 0.15) is 6.92 Å². The van der Waals surface area contributed by atoms with Crippen LogP contribution >= 0.6 is 16.4 Å². The highest BCUT2D eigenvalue weighted by atomic mass is 31.2. The number of hydrogen-bond donors (Lipinski definition) is 5. The third-order valence-electron chi connectivity index (χ3n) is 0.245. The van der Waals surface area contributed by atoms with E-state index in [0.29, 0.717) is 6.61 Å². The Morgan fingerprint density at radius 3 is 1.64 bits per heavy atom. The zero-order valence-corrected chi connectivity index (χ0v) is 7.44. The Labute approximate surface area is 64.5 Å². The Balaban J connectivity index is 0. The first-order valence-corrected chi connectivity index (χ1v) is 5.09. The molecule has 0 fully saturated rings. The molecule has 0 aromatic heterocycles. The molecule has 0 amide bonds. The Morgan fingerprint density at radius 2 is 1.64 bits per heavy atom. The van der Waals surface area contributed by atoms with E-state index in [9.17, 15) is 0 Å². The van der Waals surface area contributed by atoms with Crippen LogP contribution in [0.2, 0.25) is 0 Å². The highest BCUT2D eigenvalue weighted by Crippen LogP contribution is 2.25. The maximum absolute atomic E-state index is 8.88. The van der Waals surface area contributed by atoms with Gasteiger partial charge in [-0.25, -0.2) is 4.57 Å². The van der Waals surface area contributed by atoms with Gasteiger partial charge in [-0.3, -0.25) is 0 Å². The molecule has 0 unspecified atom stereocenters. The molecule has 7 nitrogen and oxygen atoms in total. The molecular formula is C2H10O7P2. The lowest BCUT2D eigenvalue weighted by Gasteiger charge is -1.95. The Morgan fingerprint density at radius 1 is 1.36 bits per heavy atom. The summed E-state index contributed by atoms with van der Waals surface area (Å²) in [6.45, 7) is 2.06. The van der Waals surface area contributed by atoms with Gasteiger partial charge in [-0.15, -0.1) is 0 Å². The fourth-order valence-corrected chi connectivity index (χ4v) is 0.346. The van der Waals surface area contributed by atoms with Crippen molar-refractivity contribution in [2.75, 3.05) is 6.61 Å². The van der Waals surface area contributed by atoms with Gasteiger partial charge < -0.3 is 29.0 Å². The van der Waals surface area contributed by atoms with Crippen LogP contribution in [0, 0.1) is 0 Å². The largest absolute Gasteiger partial charge is 0.466 e. The van der Waals surface area contributed by atoms with Crippen LogP contribution in [-0.4, -0.2) is 31.1 Å². The topological polar surface area (TPSA) is 127 Å². The van der Waals surface area contributed by atoms with E-state index < -0.39 is 16.4 Å². The zero-order chi connectivity index (χ0) is 9.49. The maximum Gasteiger partial charge on any atom is 0.466 e. The summed E-state index contributed by atoms with van der Waals surface area (Å²) in [5, 5.41) is 0. The molecule has 5 N–H and O–H groups in total. The van der Waals surface area contributed by atoms with Gasteiger partial charge in [-0.2, -0.15) is 0 Å². The molecule has 0 saturated carbocycles. The van der Waals surface area contributed by atoms with Gasteiger partial charge in [0.2, 0.25) is 0 Å². The first-order chi connectivity index (χ1) is 4.77. The van der Waals surface area contributed by atoms with Crippen LogP contribution in [0.5, 0.6) is 0 Å². The van der Waals surface area contributed by atoms with Crippen molar-refractivity contribution < 1.29 is 33.6 Å². The lowest BCUT2D eigenvalue weighted by molar-refractivity contribution is 0.268. The first kappa shape index (κ1) is 14.0. The van der Waals surface area contributed by atoms with Crippen molar-refractivity contribution in [1.82, 2.24) is 0 Å². The summed E-state index contributed by atoms with van der Waals surface area (Å²) in [6.07, 6.45) is 0. The van der Waals surface area contributed by atoms with Crippen LogP contribution in [-0.2, 0) is 9.09 Å². The minimum absolute atomic E-state index is 0.360. The summed E-state index contributed by atoms with van der Waals surface area (Å²) in [4.78, 5) is 37.5. The molecular weight excluding hydrogens is 198 g/mol. The van der Waals surface area contributed by atoms with E-state index in [-0.39, 0.29) is 0 Å². The maximum atomic E-state index is 8.88. The fraction of sp³-hybridized carbons (Fsp3) is 1.00. The number of phosphoric acid groups is 1. The van der Waals surface area contributed by atoms with Gasteiger partial charge in [0.1, 0.15) is 0 Å². The SMILES string of the molecule is CCOP(O)O.O=P(O)(O)O. The van der Waals surface area contributed by atoms with Gasteiger partial charge in [0, 0.05) is 0 Å². The molecule has 0 aromatic rings. The van der Waals surface area contributed by atoms with Gasteiger partial charge in [-0.05, 0) is 6.92 Å². The van der Waals surface area contributed by atoms with E-state index in [0.717, 1.165) is 0 Å². The summed E-state index contributed by atoms with van der Waals surface area (Å²) in [7, 11) is -6.74. The van der Waals surface area contributed by atoms with E-state index in [1.54, 1.807) is 6.92 Å². The molecule has 0 heterocycles. The van der Waals surface area contributed by atoms with Crippen LogP contribution < -0.4 is 0 Å². The Kier molecular flexibility index (Phi) is 9.01. The zero-order valence-electron chi connectivity index (χ0n) is 5.65. The third-order valence-corrected chi connectivity index (χ3v) is 0.734. The normalized spacial score (nSPS) is 10.8. The highest BCUT2D eigenvalue weighted by molar-refractivity contribution is 7.45. The lowest BCUT2D eigenvalue weighted by Crippen LogP contribution is -1.78. The third kappa shape index (κ3) is 63.2. The molecule has 0 aliphatic rings. The second-order valence-corrected chi connectivity index (χ2v) is 2.97. The molecule has 0 radical (unpaired) electrons. The molecule has 0 bridgehead atoms. The van der Waals surface area contributed by atoms with E-state index >= 15 is 0 Å². The van der Waals surface area contributed by atoms with Gasteiger partial charge in [-0.1, -0.05) is 0 Å². The molecule has 11 heavy (non-hydrogen) atoms. The van der Waals surface area contributed by atoms with Crippen LogP contribution in [0.15, 0.2) is 0 Å². The van der Waals surface area contributed by atoms with Crippen LogP contribution in [0.25, 0.3) is 0 Å². The minimum atomic E-state index is -4.64. The molecule has 9 heteroatoms. The van der Waals surface area contributed by atoms with Gasteiger partial charge >= 0.3 is 16.4 Å². The fourth-order valence-electron chi connectivity index (χ4n) is 0.115. The average molecular weight is 208 g/mol. The monoisotopic (exact) mass is 208 g/mol. The standard InChI is InChI=1S/C2H7O3P.H3O4P/c1-2-5-6(3)4;1-5(2,3)4/h3-4H,2H2,1H3;(H3,1,2,3,4). The molecule has 0 saturated heterocycles. The van der Waals surface area contributed by atoms with Crippen LogP contribution in [0.4, 0.5) is 0 Å². The first-order valence-electron chi connectivity index (χ1n) is 2.36. The predicted octanol–water partition coefficient (Wildman–Crippen LogP) is -0.694. The Hall–Kier alpha value is 0.420. The highest BCUT2D eigenvalue weighted by Gasteiger charge is 2.00. The van der Waals surface area contributed by atoms with Crippen molar-refractivity contribution in [3.63, 3.8) is 0 Å². The summed E-state index contributed by atoms with van der Waals surface area (Å²) in [5.74, 6) is 0. The minimum Gasteiger partial charge on any atom is -0.328 e. The van der Waals surface area contributed by atoms with Crippen molar-refractivity contribution in [3.8, 4) is 0 Å². The van der Waals surface area contributed by atoms with Gasteiger partial charge in [0.15, 0.2) is 0 Å². The molecule has 0 aromatic carbocycles. The van der Waals surface area contributed by atoms with Crippen molar-refractivity contribution >= 4 is 16.4 Å². The van der Waals surface area contributed by atoms with E-state index in [4.69, 9.17) is 29.0 Å². The summed E-state index contributed by atoms with van der Waals surface area (Å²) in [6, 6.07) is 0. The second kappa shape index (κ2) is 7.09. The summed E-state index contributed by atoms with van der Waals surface area (Å²) >= 11 is 0. The Bertz CT molecular complexity index is 109. The summed E-state index contributed by atoms with van der Waals surface area (Å²) < 4.78 is 13.1. The summed E-state index contributed by atoms with van der Waals surface area (Å²) in [5.41, 5.74) is 0. The molecule has 0 rings (SSSR count). The van der Waals surface area contributed by atoms with Crippen molar-refractivity contribution in [2.45, 2.75) is 6.92 Å². The smallest absolute Gasteiger partial charge is 0.328 e.